The highest BCUT2D eigenvalue weighted by Gasteiger charge is 2.28. The van der Waals surface area contributed by atoms with E-state index in [1.807, 2.05) is 0 Å². The van der Waals surface area contributed by atoms with Gasteiger partial charge in [0.1, 0.15) is 0 Å². The van der Waals surface area contributed by atoms with Gasteiger partial charge in [0.05, 0.1) is 0 Å². The number of nitrogens with one attached hydrogen (secondary N) is 1. The molecule has 0 amide bonds. The molecule has 1 aliphatic heterocycles. The van der Waals surface area contributed by atoms with Crippen molar-refractivity contribution in [3.8, 4) is 0 Å². The molecule has 14 heavy (non-hydrogen) atoms. The highest BCUT2D eigenvalue weighted by atomic mass is 16.4. The van der Waals surface area contributed by atoms with Crippen molar-refractivity contribution >= 4 is 5.96 Å². The van der Waals surface area contributed by atoms with Gasteiger partial charge in [-0.15, -0.1) is 0 Å². The molecule has 6 heteroatoms. The molecule has 2 aliphatic rings. The Kier molecular flexibility index (Phi) is 4.48. The minimum Gasteiger partial charge on any atom is -0.408 e. The van der Waals surface area contributed by atoms with E-state index in [1.54, 1.807) is 0 Å². The topological polar surface area (TPSA) is 99.9 Å². The van der Waals surface area contributed by atoms with Crippen LogP contribution in [0.4, 0.5) is 0 Å². The minimum absolute atomic E-state index is 0.315. The van der Waals surface area contributed by atoms with Crippen LogP contribution in [0.5, 0.6) is 0 Å². The predicted molar refractivity (Wildman–Crippen MR) is 55.1 cm³/mol. The van der Waals surface area contributed by atoms with Crippen molar-refractivity contribution in [2.75, 3.05) is 26.2 Å². The van der Waals surface area contributed by atoms with Crippen LogP contribution in [-0.2, 0) is 0 Å². The maximum atomic E-state index is 7.48. The number of rotatable bonds is 1. The van der Waals surface area contributed by atoms with Gasteiger partial charge in [-0.1, -0.05) is 5.16 Å². The lowest BCUT2D eigenvalue weighted by atomic mass is 10.3. The van der Waals surface area contributed by atoms with Crippen LogP contribution in [0, 0.1) is 0 Å². The molecule has 0 aromatic carbocycles. The molecule has 1 heterocycles. The molecule has 6 N–H and O–H groups in total. The molecule has 1 saturated heterocycles. The Morgan fingerprint density at radius 3 is 2.14 bits per heavy atom. The third-order valence-corrected chi connectivity index (χ3v) is 2.33. The van der Waals surface area contributed by atoms with Crippen LogP contribution in [0.15, 0.2) is 5.16 Å². The van der Waals surface area contributed by atoms with Crippen molar-refractivity contribution in [3.05, 3.63) is 0 Å². The van der Waals surface area contributed by atoms with E-state index in [2.05, 4.69) is 26.8 Å². The van der Waals surface area contributed by atoms with Crippen LogP contribution in [-0.4, -0.2) is 48.3 Å². The fourth-order valence-corrected chi connectivity index (χ4v) is 1.49. The summed E-state index contributed by atoms with van der Waals surface area (Å²) in [6.07, 6.45) is 2.92. The Hall–Kier alpha value is -1.01. The largest absolute Gasteiger partial charge is 0.408 e. The minimum atomic E-state index is -0.315. The third kappa shape index (κ3) is 4.29. The Bertz CT molecular complexity index is 182. The Labute approximate surface area is 83.9 Å². The van der Waals surface area contributed by atoms with E-state index >= 15 is 0 Å². The van der Waals surface area contributed by atoms with Gasteiger partial charge >= 0.3 is 0 Å². The number of guanidine groups is 1. The monoisotopic (exact) mass is 201 g/mol. The molecular formula is C8H19N5O. The summed E-state index contributed by atoms with van der Waals surface area (Å²) in [7, 11) is 0. The summed E-state index contributed by atoms with van der Waals surface area (Å²) >= 11 is 0. The van der Waals surface area contributed by atoms with Crippen LogP contribution in [0.25, 0.3) is 0 Å². The van der Waals surface area contributed by atoms with Gasteiger partial charge < -0.3 is 22.0 Å². The third-order valence-electron chi connectivity index (χ3n) is 2.33. The molecule has 2 fully saturated rings. The van der Waals surface area contributed by atoms with E-state index in [1.165, 1.54) is 39.0 Å². The molecule has 2 rings (SSSR count). The molecule has 0 radical (unpaired) electrons. The first kappa shape index (κ1) is 11.1. The Balaban J connectivity index is 0.000000171. The number of hydrogen-bond donors (Lipinski definition) is 4. The zero-order valence-corrected chi connectivity index (χ0v) is 8.32. The number of oxime groups is 1. The van der Waals surface area contributed by atoms with Gasteiger partial charge in [-0.3, -0.25) is 4.90 Å². The van der Waals surface area contributed by atoms with Crippen molar-refractivity contribution in [3.63, 3.8) is 0 Å². The first-order chi connectivity index (χ1) is 6.74. The van der Waals surface area contributed by atoms with Gasteiger partial charge in [0.15, 0.2) is 0 Å². The summed E-state index contributed by atoms with van der Waals surface area (Å²) in [6, 6.07) is 0.979. The maximum Gasteiger partial charge on any atom is 0.228 e. The fraction of sp³-hybridized carbons (Fsp3) is 0.875. The lowest BCUT2D eigenvalue weighted by molar-refractivity contribution is 0.231. The highest BCUT2D eigenvalue weighted by Crippen LogP contribution is 2.26. The van der Waals surface area contributed by atoms with Gasteiger partial charge in [-0.05, 0) is 12.8 Å². The molecule has 0 unspecified atom stereocenters. The number of nitrogens with two attached hydrogens (primary N) is 2. The smallest absolute Gasteiger partial charge is 0.228 e. The average Bonchev–Trinajstić information content (AvgIpc) is 3.03. The van der Waals surface area contributed by atoms with Crippen molar-refractivity contribution in [1.29, 1.82) is 0 Å². The van der Waals surface area contributed by atoms with Gasteiger partial charge in [-0.2, -0.15) is 0 Å². The van der Waals surface area contributed by atoms with E-state index in [0.717, 1.165) is 6.04 Å². The van der Waals surface area contributed by atoms with Crippen molar-refractivity contribution in [2.45, 2.75) is 18.9 Å². The normalized spacial score (nSPS) is 22.0. The molecule has 0 aromatic rings. The van der Waals surface area contributed by atoms with Crippen molar-refractivity contribution in [2.24, 2.45) is 16.6 Å². The van der Waals surface area contributed by atoms with Crippen molar-refractivity contribution in [1.82, 2.24) is 10.2 Å². The average molecular weight is 201 g/mol. The Morgan fingerprint density at radius 2 is 1.79 bits per heavy atom. The first-order valence-corrected chi connectivity index (χ1v) is 4.92. The molecule has 1 saturated carbocycles. The zero-order valence-electron chi connectivity index (χ0n) is 8.32. The Morgan fingerprint density at radius 1 is 1.29 bits per heavy atom. The van der Waals surface area contributed by atoms with Crippen LogP contribution >= 0.6 is 0 Å². The molecule has 0 aromatic heterocycles. The molecule has 0 atom stereocenters. The molecule has 6 nitrogen and oxygen atoms in total. The van der Waals surface area contributed by atoms with Crippen molar-refractivity contribution < 1.29 is 5.21 Å². The molecule has 1 aliphatic carbocycles. The number of hydrogen-bond acceptors (Lipinski definition) is 4. The summed E-state index contributed by atoms with van der Waals surface area (Å²) in [6.45, 7) is 4.97. The van der Waals surface area contributed by atoms with Crippen LogP contribution in [0.1, 0.15) is 12.8 Å². The summed E-state index contributed by atoms with van der Waals surface area (Å²) in [5, 5.41) is 13.2. The van der Waals surface area contributed by atoms with Crippen LogP contribution < -0.4 is 16.8 Å². The highest BCUT2D eigenvalue weighted by molar-refractivity contribution is 5.74. The SMILES string of the molecule is C1CN(C2CC2)CCN1.NC(N)=NO. The van der Waals surface area contributed by atoms with Gasteiger partial charge in [0.2, 0.25) is 5.96 Å². The second-order valence-corrected chi connectivity index (χ2v) is 3.54. The molecule has 82 valence electrons. The lowest BCUT2D eigenvalue weighted by Crippen LogP contribution is -2.44. The number of nitrogens with zero attached hydrogens (tertiary/aromatic N) is 2. The van der Waals surface area contributed by atoms with E-state index in [0.29, 0.717) is 0 Å². The molecular weight excluding hydrogens is 182 g/mol. The summed E-state index contributed by atoms with van der Waals surface area (Å²) < 4.78 is 0. The second-order valence-electron chi connectivity index (χ2n) is 3.54. The molecule has 0 bridgehead atoms. The summed E-state index contributed by atoms with van der Waals surface area (Å²) in [4.78, 5) is 2.61. The lowest BCUT2D eigenvalue weighted by Gasteiger charge is -2.26. The van der Waals surface area contributed by atoms with E-state index in [-0.39, 0.29) is 5.96 Å². The van der Waals surface area contributed by atoms with Crippen LogP contribution in [0.3, 0.4) is 0 Å². The van der Waals surface area contributed by atoms with Crippen LogP contribution in [0.2, 0.25) is 0 Å². The zero-order chi connectivity index (χ0) is 10.4. The first-order valence-electron chi connectivity index (χ1n) is 4.92. The summed E-state index contributed by atoms with van der Waals surface area (Å²) in [5.41, 5.74) is 9.14. The van der Waals surface area contributed by atoms with Gasteiger partial charge in [-0.25, -0.2) is 0 Å². The number of piperazine rings is 1. The molecule has 0 spiro atoms. The predicted octanol–water partition coefficient (Wildman–Crippen LogP) is -1.30. The standard InChI is InChI=1S/C7H14N2.CH5N3O/c1-2-7(1)9-5-3-8-4-6-9;2-1(3)4-5/h7-8H,1-6H2;5H,(H4,2,3,4). The van der Waals surface area contributed by atoms with Gasteiger partial charge in [0, 0.05) is 32.2 Å². The van der Waals surface area contributed by atoms with E-state index in [4.69, 9.17) is 5.21 Å². The quantitative estimate of drug-likeness (QED) is 0.183. The maximum absolute atomic E-state index is 7.48. The second kappa shape index (κ2) is 5.66. The fourth-order valence-electron chi connectivity index (χ4n) is 1.49. The van der Waals surface area contributed by atoms with Gasteiger partial charge in [0.25, 0.3) is 0 Å². The van der Waals surface area contributed by atoms with E-state index < -0.39 is 0 Å². The van der Waals surface area contributed by atoms with E-state index in [9.17, 15) is 0 Å². The summed E-state index contributed by atoms with van der Waals surface area (Å²) in [5.74, 6) is -0.315.